The summed E-state index contributed by atoms with van der Waals surface area (Å²) in [7, 11) is 1.80. The third-order valence-corrected chi connectivity index (χ3v) is 6.47. The first-order chi connectivity index (χ1) is 15.6. The molecule has 0 aliphatic heterocycles. The maximum absolute atomic E-state index is 14.4. The smallest absolute Gasteiger partial charge is 0.225 e. The van der Waals surface area contributed by atoms with E-state index in [1.54, 1.807) is 29.9 Å². The molecule has 1 amide bonds. The number of nitrogens with zero attached hydrogens (tertiary/aromatic N) is 3. The molecule has 2 saturated carbocycles. The second kappa shape index (κ2) is 8.77. The second-order valence-corrected chi connectivity index (χ2v) is 8.94. The van der Waals surface area contributed by atoms with Gasteiger partial charge in [-0.15, -0.1) is 0 Å². The van der Waals surface area contributed by atoms with Crippen molar-refractivity contribution in [2.24, 2.45) is 18.9 Å². The molecule has 0 radical (unpaired) electrons. The van der Waals surface area contributed by atoms with Gasteiger partial charge in [0, 0.05) is 25.1 Å². The lowest BCUT2D eigenvalue weighted by molar-refractivity contribution is -0.139. The van der Waals surface area contributed by atoms with Gasteiger partial charge in [-0.25, -0.2) is 9.07 Å². The average molecular weight is 434 g/mol. The van der Waals surface area contributed by atoms with Crippen molar-refractivity contribution in [2.45, 2.75) is 38.6 Å². The highest BCUT2D eigenvalue weighted by molar-refractivity contribution is 5.80. The minimum Gasteiger partial charge on any atom is -0.436 e. The van der Waals surface area contributed by atoms with Gasteiger partial charge in [0.2, 0.25) is 11.8 Å². The van der Waals surface area contributed by atoms with Crippen LogP contribution in [0.25, 0.3) is 11.3 Å². The minimum atomic E-state index is -0.429. The van der Waals surface area contributed by atoms with Crippen molar-refractivity contribution in [3.63, 3.8) is 0 Å². The number of aromatic nitrogens is 2. The van der Waals surface area contributed by atoms with Crippen LogP contribution in [0.2, 0.25) is 0 Å². The van der Waals surface area contributed by atoms with Gasteiger partial charge in [-0.1, -0.05) is 48.9 Å². The summed E-state index contributed by atoms with van der Waals surface area (Å²) in [6.07, 6.45) is 5.41. The molecule has 0 spiro atoms. The summed E-state index contributed by atoms with van der Waals surface area (Å²) in [5.74, 6) is 1.11. The van der Waals surface area contributed by atoms with Crippen LogP contribution >= 0.6 is 0 Å². The lowest BCUT2D eigenvalue weighted by atomic mass is 9.84. The van der Waals surface area contributed by atoms with Gasteiger partial charge in [0.1, 0.15) is 5.69 Å². The molecule has 0 atom stereocenters. The Morgan fingerprint density at radius 1 is 1.09 bits per heavy atom. The van der Waals surface area contributed by atoms with E-state index in [-0.39, 0.29) is 17.6 Å². The lowest BCUT2D eigenvalue weighted by Crippen LogP contribution is -2.39. The van der Waals surface area contributed by atoms with Crippen LogP contribution in [0, 0.1) is 17.7 Å². The fourth-order valence-corrected chi connectivity index (χ4v) is 4.23. The average Bonchev–Trinajstić information content (AvgIpc) is 3.53. The van der Waals surface area contributed by atoms with Crippen LogP contribution in [-0.4, -0.2) is 27.1 Å². The zero-order valence-electron chi connectivity index (χ0n) is 18.3. The number of carbonyl (C=O) groups excluding carboxylic acids is 1. The summed E-state index contributed by atoms with van der Waals surface area (Å²) >= 11 is 0. The monoisotopic (exact) mass is 433 g/mol. The first kappa shape index (κ1) is 20.7. The number of ether oxygens (including phenoxy) is 1. The molecule has 5 nitrogen and oxygen atoms in total. The van der Waals surface area contributed by atoms with E-state index in [0.717, 1.165) is 42.6 Å². The van der Waals surface area contributed by atoms with Gasteiger partial charge in [-0.2, -0.15) is 5.10 Å². The van der Waals surface area contributed by atoms with Crippen LogP contribution in [0.15, 0.2) is 54.6 Å². The molecular formula is C26H28FN3O2. The molecule has 3 aromatic rings. The van der Waals surface area contributed by atoms with Crippen molar-refractivity contribution in [1.29, 1.82) is 0 Å². The maximum Gasteiger partial charge on any atom is 0.225 e. The summed E-state index contributed by atoms with van der Waals surface area (Å²) in [4.78, 5) is 15.3. The topological polar surface area (TPSA) is 47.4 Å². The number of benzene rings is 2. The van der Waals surface area contributed by atoms with Gasteiger partial charge in [-0.3, -0.25) is 4.79 Å². The van der Waals surface area contributed by atoms with Gasteiger partial charge in [0.05, 0.1) is 12.1 Å². The zero-order valence-corrected chi connectivity index (χ0v) is 18.3. The molecule has 0 bridgehead atoms. The van der Waals surface area contributed by atoms with Crippen LogP contribution in [0.3, 0.4) is 0 Å². The van der Waals surface area contributed by atoms with Crippen molar-refractivity contribution in [1.82, 2.24) is 14.7 Å². The number of hydrogen-bond acceptors (Lipinski definition) is 3. The highest BCUT2D eigenvalue weighted by atomic mass is 19.1. The van der Waals surface area contributed by atoms with Gasteiger partial charge >= 0.3 is 0 Å². The van der Waals surface area contributed by atoms with E-state index in [4.69, 9.17) is 9.84 Å². The molecule has 32 heavy (non-hydrogen) atoms. The summed E-state index contributed by atoms with van der Waals surface area (Å²) in [6.45, 7) is 1.17. The molecular weight excluding hydrogens is 405 g/mol. The van der Waals surface area contributed by atoms with Crippen LogP contribution in [0.4, 0.5) is 4.39 Å². The van der Waals surface area contributed by atoms with E-state index >= 15 is 0 Å². The number of rotatable bonds is 8. The van der Waals surface area contributed by atoms with Crippen LogP contribution in [0.1, 0.15) is 37.7 Å². The molecule has 2 aliphatic carbocycles. The molecule has 0 unspecified atom stereocenters. The molecule has 2 aromatic carbocycles. The first-order valence-electron chi connectivity index (χ1n) is 11.4. The van der Waals surface area contributed by atoms with Crippen molar-refractivity contribution in [2.75, 3.05) is 6.54 Å². The standard InChI is InChI=1S/C26H28FN3O2/c1-29-26(32-23-13-6-5-12-22(23)27)21(24(28-29)19-8-3-2-4-9-19)17-30(16-18-14-15-18)25(31)20-10-7-11-20/h2-6,8-9,12-13,18,20H,7,10-11,14-17H2,1H3. The van der Waals surface area contributed by atoms with Crippen LogP contribution < -0.4 is 4.74 Å². The van der Waals surface area contributed by atoms with E-state index in [1.807, 2.05) is 35.2 Å². The van der Waals surface area contributed by atoms with Crippen LogP contribution in [-0.2, 0) is 18.4 Å². The van der Waals surface area contributed by atoms with Crippen molar-refractivity contribution in [3.8, 4) is 22.9 Å². The number of carbonyl (C=O) groups is 1. The Morgan fingerprint density at radius 3 is 2.47 bits per heavy atom. The molecule has 2 aliphatic rings. The molecule has 6 heteroatoms. The van der Waals surface area contributed by atoms with Crippen LogP contribution in [0.5, 0.6) is 11.6 Å². The summed E-state index contributed by atoms with van der Waals surface area (Å²) in [5.41, 5.74) is 2.53. The zero-order chi connectivity index (χ0) is 22.1. The quantitative estimate of drug-likeness (QED) is 0.467. The SMILES string of the molecule is Cn1nc(-c2ccccc2)c(CN(CC2CC2)C(=O)C2CCC2)c1Oc1ccccc1F. The molecule has 0 N–H and O–H groups in total. The Morgan fingerprint density at radius 2 is 1.81 bits per heavy atom. The highest BCUT2D eigenvalue weighted by Crippen LogP contribution is 2.38. The Hall–Kier alpha value is -3.15. The minimum absolute atomic E-state index is 0.126. The van der Waals surface area contributed by atoms with Crippen molar-refractivity contribution < 1.29 is 13.9 Å². The van der Waals surface area contributed by atoms with Crippen molar-refractivity contribution >= 4 is 5.91 Å². The summed E-state index contributed by atoms with van der Waals surface area (Å²) in [5, 5.41) is 4.72. The number of hydrogen-bond donors (Lipinski definition) is 0. The lowest BCUT2D eigenvalue weighted by Gasteiger charge is -2.32. The Labute approximate surface area is 187 Å². The van der Waals surface area contributed by atoms with Gasteiger partial charge in [-0.05, 0) is 43.7 Å². The second-order valence-electron chi connectivity index (χ2n) is 8.94. The number of para-hydroxylation sites is 1. The number of amides is 1. The molecule has 0 saturated heterocycles. The Kier molecular flexibility index (Phi) is 5.68. The highest BCUT2D eigenvalue weighted by Gasteiger charge is 2.35. The molecule has 166 valence electrons. The molecule has 5 rings (SSSR count). The number of halogens is 1. The van der Waals surface area contributed by atoms with E-state index in [0.29, 0.717) is 18.3 Å². The molecule has 1 aromatic heterocycles. The third kappa shape index (κ3) is 4.27. The predicted molar refractivity (Wildman–Crippen MR) is 121 cm³/mol. The Bertz CT molecular complexity index is 1100. The van der Waals surface area contributed by atoms with E-state index in [1.165, 1.54) is 18.9 Å². The predicted octanol–water partition coefficient (Wildman–Crippen LogP) is 5.56. The molecule has 2 fully saturated rings. The van der Waals surface area contributed by atoms with E-state index < -0.39 is 5.82 Å². The fourth-order valence-electron chi connectivity index (χ4n) is 4.23. The van der Waals surface area contributed by atoms with Gasteiger partial charge in [0.15, 0.2) is 11.6 Å². The maximum atomic E-state index is 14.4. The van der Waals surface area contributed by atoms with E-state index in [2.05, 4.69) is 0 Å². The fraction of sp³-hybridized carbons (Fsp3) is 0.385. The number of aryl methyl sites for hydroxylation is 1. The first-order valence-corrected chi connectivity index (χ1v) is 11.4. The third-order valence-electron chi connectivity index (χ3n) is 6.47. The summed E-state index contributed by atoms with van der Waals surface area (Å²) in [6, 6.07) is 16.2. The van der Waals surface area contributed by atoms with Gasteiger partial charge in [0.25, 0.3) is 0 Å². The van der Waals surface area contributed by atoms with E-state index in [9.17, 15) is 9.18 Å². The largest absolute Gasteiger partial charge is 0.436 e. The summed E-state index contributed by atoms with van der Waals surface area (Å²) < 4.78 is 22.1. The van der Waals surface area contributed by atoms with Crippen molar-refractivity contribution in [3.05, 3.63) is 66.0 Å². The molecule has 1 heterocycles. The Balaban J connectivity index is 1.54. The normalized spacial score (nSPS) is 15.9. The van der Waals surface area contributed by atoms with Gasteiger partial charge < -0.3 is 9.64 Å².